The summed E-state index contributed by atoms with van der Waals surface area (Å²) in [5, 5.41) is 8.15. The first-order valence-corrected chi connectivity index (χ1v) is 2.67. The molecule has 0 saturated heterocycles. The summed E-state index contributed by atoms with van der Waals surface area (Å²) in [6.45, 7) is 5.39. The van der Waals surface area contributed by atoms with Gasteiger partial charge in [0.05, 0.1) is 6.42 Å². The lowest BCUT2D eigenvalue weighted by molar-refractivity contribution is -0.135. The molecule has 0 unspecified atom stereocenters. The summed E-state index contributed by atoms with van der Waals surface area (Å²) in [5.41, 5.74) is 0.872. The minimum absolute atomic E-state index is 0.0762. The van der Waals surface area contributed by atoms with E-state index >= 15 is 0 Å². The van der Waals surface area contributed by atoms with Crippen LogP contribution < -0.4 is 0 Å². The van der Waals surface area contributed by atoms with Gasteiger partial charge in [-0.2, -0.15) is 0 Å². The third-order valence-electron chi connectivity index (χ3n) is 0.695. The van der Waals surface area contributed by atoms with Crippen LogP contribution in [-0.2, 0) is 4.79 Å². The molecule has 0 fully saturated rings. The monoisotopic (exact) mass is 126 g/mol. The average molecular weight is 126 g/mol. The van der Waals surface area contributed by atoms with E-state index in [1.54, 1.807) is 12.2 Å². The first-order chi connectivity index (χ1) is 4.13. The Morgan fingerprint density at radius 3 is 2.67 bits per heavy atom. The molecular weight excluding hydrogens is 116 g/mol. The van der Waals surface area contributed by atoms with Crippen molar-refractivity contribution in [2.24, 2.45) is 0 Å². The fraction of sp³-hybridized carbons (Fsp3) is 0.286. The molecule has 0 aromatic carbocycles. The molecule has 0 aliphatic heterocycles. The molecule has 0 saturated carbocycles. The van der Waals surface area contributed by atoms with Crippen molar-refractivity contribution in [3.63, 3.8) is 0 Å². The van der Waals surface area contributed by atoms with Crippen molar-refractivity contribution in [1.82, 2.24) is 0 Å². The molecule has 50 valence electrons. The van der Waals surface area contributed by atoms with Gasteiger partial charge < -0.3 is 5.11 Å². The molecule has 0 radical (unpaired) electrons. The van der Waals surface area contributed by atoms with Gasteiger partial charge in [0, 0.05) is 0 Å². The van der Waals surface area contributed by atoms with E-state index in [9.17, 15) is 4.79 Å². The van der Waals surface area contributed by atoms with Gasteiger partial charge in [0.1, 0.15) is 0 Å². The molecular formula is C7H10O2. The Morgan fingerprint density at radius 1 is 1.78 bits per heavy atom. The SMILES string of the molecule is C=C(C)/C=C/CC(=O)O. The zero-order valence-electron chi connectivity index (χ0n) is 5.42. The second kappa shape index (κ2) is 3.89. The summed E-state index contributed by atoms with van der Waals surface area (Å²) in [4.78, 5) is 9.90. The number of carbonyl (C=O) groups is 1. The Balaban J connectivity index is 3.48. The summed E-state index contributed by atoms with van der Waals surface area (Å²) in [5.74, 6) is -0.812. The van der Waals surface area contributed by atoms with E-state index in [-0.39, 0.29) is 6.42 Å². The molecule has 0 aromatic rings. The molecule has 2 heteroatoms. The van der Waals surface area contributed by atoms with Gasteiger partial charge in [-0.1, -0.05) is 24.3 Å². The van der Waals surface area contributed by atoms with Crippen molar-refractivity contribution >= 4 is 5.97 Å². The standard InChI is InChI=1S/C7H10O2/c1-6(2)4-3-5-7(8)9/h3-4H,1,5H2,2H3,(H,8,9)/b4-3+. The summed E-state index contributed by atoms with van der Waals surface area (Å²) in [6, 6.07) is 0. The molecule has 0 spiro atoms. The summed E-state index contributed by atoms with van der Waals surface area (Å²) >= 11 is 0. The number of hydrogen-bond acceptors (Lipinski definition) is 1. The van der Waals surface area contributed by atoms with E-state index in [1.807, 2.05) is 6.92 Å². The molecule has 0 amide bonds. The number of carboxylic acid groups (broad SMARTS) is 1. The fourth-order valence-electron chi connectivity index (χ4n) is 0.361. The van der Waals surface area contributed by atoms with Gasteiger partial charge in [-0.3, -0.25) is 4.79 Å². The maximum absolute atomic E-state index is 9.90. The van der Waals surface area contributed by atoms with E-state index in [0.29, 0.717) is 0 Å². The quantitative estimate of drug-likeness (QED) is 0.583. The van der Waals surface area contributed by atoms with Crippen molar-refractivity contribution in [2.45, 2.75) is 13.3 Å². The topological polar surface area (TPSA) is 37.3 Å². The number of carboxylic acids is 1. The average Bonchev–Trinajstić information content (AvgIpc) is 1.63. The summed E-state index contributed by atoms with van der Waals surface area (Å²) < 4.78 is 0. The molecule has 9 heavy (non-hydrogen) atoms. The number of rotatable bonds is 3. The largest absolute Gasteiger partial charge is 0.481 e. The van der Waals surface area contributed by atoms with Gasteiger partial charge in [-0.25, -0.2) is 0 Å². The molecule has 0 aliphatic carbocycles. The van der Waals surface area contributed by atoms with Crippen LogP contribution in [0, 0.1) is 0 Å². The first kappa shape index (κ1) is 7.95. The van der Waals surface area contributed by atoms with Gasteiger partial charge in [0.2, 0.25) is 0 Å². The number of hydrogen-bond donors (Lipinski definition) is 1. The van der Waals surface area contributed by atoms with Gasteiger partial charge in [0.25, 0.3) is 0 Å². The van der Waals surface area contributed by atoms with Crippen LogP contribution >= 0.6 is 0 Å². The van der Waals surface area contributed by atoms with Gasteiger partial charge in [-0.05, 0) is 6.92 Å². The zero-order chi connectivity index (χ0) is 7.28. The van der Waals surface area contributed by atoms with Crippen LogP contribution in [0.1, 0.15) is 13.3 Å². The Bertz CT molecular complexity index is 145. The highest BCUT2D eigenvalue weighted by atomic mass is 16.4. The van der Waals surface area contributed by atoms with Crippen LogP contribution in [0.4, 0.5) is 0 Å². The highest BCUT2D eigenvalue weighted by Gasteiger charge is 1.87. The lowest BCUT2D eigenvalue weighted by Gasteiger charge is -1.83. The lowest BCUT2D eigenvalue weighted by Crippen LogP contribution is -1.89. The molecule has 0 atom stereocenters. The Hall–Kier alpha value is -1.05. The van der Waals surface area contributed by atoms with Crippen LogP contribution in [0.2, 0.25) is 0 Å². The Labute approximate surface area is 54.5 Å². The molecule has 0 rings (SSSR count). The van der Waals surface area contributed by atoms with E-state index in [4.69, 9.17) is 5.11 Å². The van der Waals surface area contributed by atoms with Crippen LogP contribution in [-0.4, -0.2) is 11.1 Å². The second-order valence-electron chi connectivity index (χ2n) is 1.85. The van der Waals surface area contributed by atoms with Crippen molar-refractivity contribution < 1.29 is 9.90 Å². The van der Waals surface area contributed by atoms with Crippen molar-refractivity contribution in [2.75, 3.05) is 0 Å². The van der Waals surface area contributed by atoms with E-state index in [2.05, 4.69) is 6.58 Å². The molecule has 0 aliphatic rings. The predicted molar refractivity (Wildman–Crippen MR) is 36.2 cm³/mol. The predicted octanol–water partition coefficient (Wildman–Crippen LogP) is 1.59. The molecule has 1 N–H and O–H groups in total. The summed E-state index contributed by atoms with van der Waals surface area (Å²) in [7, 11) is 0. The molecule has 0 bridgehead atoms. The van der Waals surface area contributed by atoms with Crippen molar-refractivity contribution in [3.05, 3.63) is 24.3 Å². The van der Waals surface area contributed by atoms with Crippen LogP contribution in [0.25, 0.3) is 0 Å². The lowest BCUT2D eigenvalue weighted by atomic mass is 10.3. The molecule has 0 aromatic heterocycles. The molecule has 2 nitrogen and oxygen atoms in total. The first-order valence-electron chi connectivity index (χ1n) is 2.67. The normalized spacial score (nSPS) is 9.89. The highest BCUT2D eigenvalue weighted by molar-refractivity contribution is 5.68. The Morgan fingerprint density at radius 2 is 2.33 bits per heavy atom. The zero-order valence-corrected chi connectivity index (χ0v) is 5.42. The number of aliphatic carboxylic acids is 1. The highest BCUT2D eigenvalue weighted by Crippen LogP contribution is 1.90. The van der Waals surface area contributed by atoms with Crippen molar-refractivity contribution in [1.29, 1.82) is 0 Å². The van der Waals surface area contributed by atoms with E-state index in [1.165, 1.54) is 0 Å². The smallest absolute Gasteiger partial charge is 0.307 e. The maximum atomic E-state index is 9.90. The summed E-state index contributed by atoms with van der Waals surface area (Å²) in [6.07, 6.45) is 3.34. The minimum atomic E-state index is -0.812. The maximum Gasteiger partial charge on any atom is 0.307 e. The van der Waals surface area contributed by atoms with Gasteiger partial charge >= 0.3 is 5.97 Å². The van der Waals surface area contributed by atoms with E-state index in [0.717, 1.165) is 5.57 Å². The fourth-order valence-corrected chi connectivity index (χ4v) is 0.361. The van der Waals surface area contributed by atoms with Crippen LogP contribution in [0.3, 0.4) is 0 Å². The van der Waals surface area contributed by atoms with Crippen LogP contribution in [0.15, 0.2) is 24.3 Å². The minimum Gasteiger partial charge on any atom is -0.481 e. The molecule has 0 heterocycles. The van der Waals surface area contributed by atoms with Gasteiger partial charge in [-0.15, -0.1) is 0 Å². The second-order valence-corrected chi connectivity index (χ2v) is 1.85. The Kier molecular flexibility index (Phi) is 3.44. The third kappa shape index (κ3) is 6.95. The van der Waals surface area contributed by atoms with Gasteiger partial charge in [0.15, 0.2) is 0 Å². The van der Waals surface area contributed by atoms with Crippen LogP contribution in [0.5, 0.6) is 0 Å². The van der Waals surface area contributed by atoms with Crippen molar-refractivity contribution in [3.8, 4) is 0 Å². The third-order valence-corrected chi connectivity index (χ3v) is 0.695. The van der Waals surface area contributed by atoms with E-state index < -0.39 is 5.97 Å². The number of allylic oxidation sites excluding steroid dienone is 2.